The number of pyridine rings is 1. The molecular formula is C9H10ClNO2S. The number of hydrogen-bond donors (Lipinski definition) is 0. The molecular weight excluding hydrogens is 222 g/mol. The summed E-state index contributed by atoms with van der Waals surface area (Å²) in [5, 5.41) is 0. The third-order valence-corrected chi connectivity index (χ3v) is 2.88. The summed E-state index contributed by atoms with van der Waals surface area (Å²) in [5.41, 5.74) is 0.326. The summed E-state index contributed by atoms with van der Waals surface area (Å²) in [4.78, 5) is 16.0. The molecule has 1 aromatic rings. The smallest absolute Gasteiger partial charge is 0.356 e. The van der Waals surface area contributed by atoms with E-state index in [4.69, 9.17) is 11.6 Å². The number of alkyl halides is 1. The zero-order chi connectivity index (χ0) is 10.4. The van der Waals surface area contributed by atoms with Gasteiger partial charge < -0.3 is 4.74 Å². The quantitative estimate of drug-likeness (QED) is 0.453. The molecule has 0 aliphatic carbocycles. The Bertz CT molecular complexity index is 319. The predicted molar refractivity (Wildman–Crippen MR) is 57.0 cm³/mol. The molecule has 0 unspecified atom stereocenters. The fourth-order valence-electron chi connectivity index (χ4n) is 0.874. The summed E-state index contributed by atoms with van der Waals surface area (Å²) >= 11 is 7.14. The van der Waals surface area contributed by atoms with Crippen molar-refractivity contribution in [3.8, 4) is 0 Å². The Kier molecular flexibility index (Phi) is 4.76. The second-order valence-corrected chi connectivity index (χ2v) is 3.95. The van der Waals surface area contributed by atoms with Gasteiger partial charge in [-0.2, -0.15) is 0 Å². The number of hydrogen-bond acceptors (Lipinski definition) is 4. The summed E-state index contributed by atoms with van der Waals surface area (Å²) in [7, 11) is 1.34. The Labute approximate surface area is 91.8 Å². The number of aromatic nitrogens is 1. The number of esters is 1. The second-order valence-electron chi connectivity index (χ2n) is 2.41. The van der Waals surface area contributed by atoms with Crippen LogP contribution in [0.25, 0.3) is 0 Å². The number of rotatable bonds is 4. The van der Waals surface area contributed by atoms with E-state index in [0.29, 0.717) is 11.6 Å². The number of halogens is 1. The number of carbonyl (C=O) groups is 1. The Balaban J connectivity index is 2.73. The van der Waals surface area contributed by atoms with E-state index in [0.717, 1.165) is 10.6 Å². The molecule has 0 bridgehead atoms. The van der Waals surface area contributed by atoms with Gasteiger partial charge in [0, 0.05) is 22.7 Å². The highest BCUT2D eigenvalue weighted by Gasteiger charge is 2.07. The molecule has 0 aliphatic rings. The molecule has 0 aliphatic heterocycles. The van der Waals surface area contributed by atoms with Gasteiger partial charge in [-0.15, -0.1) is 23.4 Å². The van der Waals surface area contributed by atoms with Gasteiger partial charge in [0.05, 0.1) is 7.11 Å². The molecule has 1 rings (SSSR count). The van der Waals surface area contributed by atoms with Crippen LogP contribution in [0.1, 0.15) is 10.5 Å². The monoisotopic (exact) mass is 231 g/mol. The molecule has 76 valence electrons. The molecule has 5 heteroatoms. The Morgan fingerprint density at radius 1 is 1.71 bits per heavy atom. The predicted octanol–water partition coefficient (Wildman–Crippen LogP) is 2.20. The highest BCUT2D eigenvalue weighted by molar-refractivity contribution is 7.99. The van der Waals surface area contributed by atoms with Crippen LogP contribution in [-0.2, 0) is 4.74 Å². The average molecular weight is 232 g/mol. The van der Waals surface area contributed by atoms with E-state index in [1.807, 2.05) is 6.07 Å². The van der Waals surface area contributed by atoms with Crippen LogP contribution in [0.3, 0.4) is 0 Å². The fraction of sp³-hybridized carbons (Fsp3) is 0.333. The average Bonchev–Trinajstić information content (AvgIpc) is 2.25. The molecule has 0 N–H and O–H groups in total. The van der Waals surface area contributed by atoms with Crippen molar-refractivity contribution in [2.24, 2.45) is 0 Å². The van der Waals surface area contributed by atoms with E-state index >= 15 is 0 Å². The topological polar surface area (TPSA) is 39.2 Å². The summed E-state index contributed by atoms with van der Waals surface area (Å²) in [5.74, 6) is 0.977. The van der Waals surface area contributed by atoms with Crippen molar-refractivity contribution in [3.05, 3.63) is 24.0 Å². The molecule has 0 aromatic carbocycles. The van der Waals surface area contributed by atoms with Crippen molar-refractivity contribution in [3.63, 3.8) is 0 Å². The van der Waals surface area contributed by atoms with Crippen LogP contribution in [0.5, 0.6) is 0 Å². The van der Waals surface area contributed by atoms with E-state index in [2.05, 4.69) is 9.72 Å². The van der Waals surface area contributed by atoms with E-state index < -0.39 is 5.97 Å². The molecule has 0 saturated carbocycles. The van der Waals surface area contributed by atoms with Gasteiger partial charge in [0.15, 0.2) is 0 Å². The van der Waals surface area contributed by atoms with Crippen LogP contribution in [0.2, 0.25) is 0 Å². The molecule has 1 heterocycles. The lowest BCUT2D eigenvalue weighted by molar-refractivity contribution is 0.0593. The largest absolute Gasteiger partial charge is 0.464 e. The highest BCUT2D eigenvalue weighted by atomic mass is 35.5. The molecule has 0 amide bonds. The highest BCUT2D eigenvalue weighted by Crippen LogP contribution is 2.18. The number of carbonyl (C=O) groups excluding carboxylic acids is 1. The van der Waals surface area contributed by atoms with Crippen molar-refractivity contribution in [1.29, 1.82) is 0 Å². The molecule has 0 fully saturated rings. The van der Waals surface area contributed by atoms with E-state index in [9.17, 15) is 4.79 Å². The van der Waals surface area contributed by atoms with E-state index in [1.54, 1.807) is 24.0 Å². The van der Waals surface area contributed by atoms with Crippen LogP contribution in [0.15, 0.2) is 23.2 Å². The zero-order valence-electron chi connectivity index (χ0n) is 7.70. The summed E-state index contributed by atoms with van der Waals surface area (Å²) < 4.78 is 4.56. The Morgan fingerprint density at radius 2 is 2.50 bits per heavy atom. The van der Waals surface area contributed by atoms with Gasteiger partial charge in [-0.1, -0.05) is 0 Å². The Morgan fingerprint density at radius 3 is 3.14 bits per heavy atom. The third-order valence-electron chi connectivity index (χ3n) is 1.47. The second kappa shape index (κ2) is 5.88. The molecule has 0 atom stereocenters. The molecule has 14 heavy (non-hydrogen) atoms. The summed E-state index contributed by atoms with van der Waals surface area (Å²) in [6.45, 7) is 0. The molecule has 0 radical (unpaired) electrons. The minimum Gasteiger partial charge on any atom is -0.464 e. The van der Waals surface area contributed by atoms with E-state index in [-0.39, 0.29) is 0 Å². The number of methoxy groups -OCH3 is 1. The van der Waals surface area contributed by atoms with Crippen LogP contribution in [0, 0.1) is 0 Å². The first kappa shape index (κ1) is 11.3. The number of nitrogens with zero attached hydrogens (tertiary/aromatic N) is 1. The van der Waals surface area contributed by atoms with Gasteiger partial charge in [0.25, 0.3) is 0 Å². The third kappa shape index (κ3) is 3.20. The van der Waals surface area contributed by atoms with Crippen molar-refractivity contribution >= 4 is 29.3 Å². The first-order chi connectivity index (χ1) is 6.77. The van der Waals surface area contributed by atoms with E-state index in [1.165, 1.54) is 7.11 Å². The molecule has 0 spiro atoms. The maximum absolute atomic E-state index is 11.1. The van der Waals surface area contributed by atoms with Crippen LogP contribution in [-0.4, -0.2) is 29.7 Å². The van der Waals surface area contributed by atoms with Crippen molar-refractivity contribution in [2.75, 3.05) is 18.7 Å². The SMILES string of the molecule is COC(=O)c1cc(SCCCl)ccn1. The van der Waals surface area contributed by atoms with Crippen molar-refractivity contribution in [1.82, 2.24) is 4.98 Å². The summed E-state index contributed by atoms with van der Waals surface area (Å²) in [6, 6.07) is 3.53. The van der Waals surface area contributed by atoms with Gasteiger partial charge >= 0.3 is 5.97 Å². The van der Waals surface area contributed by atoms with Crippen LogP contribution < -0.4 is 0 Å². The zero-order valence-corrected chi connectivity index (χ0v) is 9.27. The van der Waals surface area contributed by atoms with Gasteiger partial charge in [0.2, 0.25) is 0 Å². The van der Waals surface area contributed by atoms with Crippen LogP contribution in [0.4, 0.5) is 0 Å². The lowest BCUT2D eigenvalue weighted by atomic mass is 10.3. The molecule has 0 saturated heterocycles. The van der Waals surface area contributed by atoms with Gasteiger partial charge in [-0.05, 0) is 12.1 Å². The Hall–Kier alpha value is -0.740. The maximum atomic E-state index is 11.1. The van der Waals surface area contributed by atoms with Crippen molar-refractivity contribution in [2.45, 2.75) is 4.90 Å². The van der Waals surface area contributed by atoms with Gasteiger partial charge in [0.1, 0.15) is 5.69 Å². The standard InChI is InChI=1S/C9H10ClNO2S/c1-13-9(12)8-6-7(2-4-11-8)14-5-3-10/h2,4,6H,3,5H2,1H3. The normalized spacial score (nSPS) is 9.86. The molecule has 3 nitrogen and oxygen atoms in total. The van der Waals surface area contributed by atoms with Crippen LogP contribution >= 0.6 is 23.4 Å². The minimum atomic E-state index is -0.418. The molecule has 1 aromatic heterocycles. The fourth-order valence-corrected chi connectivity index (χ4v) is 1.77. The van der Waals surface area contributed by atoms with Gasteiger partial charge in [-0.25, -0.2) is 9.78 Å². The van der Waals surface area contributed by atoms with Gasteiger partial charge in [-0.3, -0.25) is 0 Å². The number of ether oxygens (including phenoxy) is 1. The van der Waals surface area contributed by atoms with Crippen molar-refractivity contribution < 1.29 is 9.53 Å². The minimum absolute atomic E-state index is 0.326. The summed E-state index contributed by atoms with van der Waals surface area (Å²) in [6.07, 6.45) is 1.59. The number of thioether (sulfide) groups is 1. The first-order valence-electron chi connectivity index (χ1n) is 4.01. The maximum Gasteiger partial charge on any atom is 0.356 e. The first-order valence-corrected chi connectivity index (χ1v) is 5.53. The lowest BCUT2D eigenvalue weighted by Crippen LogP contribution is -2.03. The lowest BCUT2D eigenvalue weighted by Gasteiger charge is -2.01.